The van der Waals surface area contributed by atoms with Gasteiger partial charge in [0, 0.05) is 17.5 Å². The number of thiocarbonyl (C=S) groups is 1. The van der Waals surface area contributed by atoms with E-state index in [0.717, 1.165) is 17.7 Å². The van der Waals surface area contributed by atoms with E-state index < -0.39 is 0 Å². The van der Waals surface area contributed by atoms with Crippen LogP contribution in [0.15, 0.2) is 18.3 Å². The Bertz CT molecular complexity index is 271. The van der Waals surface area contributed by atoms with E-state index in [-0.39, 0.29) is 0 Å². The van der Waals surface area contributed by atoms with Crippen LogP contribution in [0.1, 0.15) is 18.2 Å². The molecule has 0 aliphatic rings. The predicted molar refractivity (Wildman–Crippen MR) is 49.5 cm³/mol. The summed E-state index contributed by atoms with van der Waals surface area (Å²) in [4.78, 5) is 4.56. The second-order valence-corrected chi connectivity index (χ2v) is 2.69. The van der Waals surface area contributed by atoms with Crippen molar-refractivity contribution in [1.82, 2.24) is 4.98 Å². The van der Waals surface area contributed by atoms with Crippen molar-refractivity contribution < 1.29 is 0 Å². The Kier molecular flexibility index (Phi) is 2.54. The molecule has 3 heteroatoms. The number of hydrogen-bond donors (Lipinski definition) is 1. The molecule has 0 saturated carbocycles. The van der Waals surface area contributed by atoms with Crippen molar-refractivity contribution in [3.05, 3.63) is 29.6 Å². The number of nitrogens with zero attached hydrogens (tertiary/aromatic N) is 1. The van der Waals surface area contributed by atoms with Crippen molar-refractivity contribution in [2.75, 3.05) is 0 Å². The smallest absolute Gasteiger partial charge is 0.104 e. The molecular formula is C8H10N2S. The van der Waals surface area contributed by atoms with E-state index in [9.17, 15) is 0 Å². The zero-order valence-corrected chi connectivity index (χ0v) is 7.19. The molecule has 0 fully saturated rings. The maximum Gasteiger partial charge on any atom is 0.104 e. The van der Waals surface area contributed by atoms with Gasteiger partial charge in [-0.15, -0.1) is 0 Å². The minimum absolute atomic E-state index is 0.433. The quantitative estimate of drug-likeness (QED) is 0.411. The van der Waals surface area contributed by atoms with Gasteiger partial charge in [0.2, 0.25) is 0 Å². The van der Waals surface area contributed by atoms with Crippen molar-refractivity contribution in [2.45, 2.75) is 13.3 Å². The molecule has 0 bridgehead atoms. The van der Waals surface area contributed by atoms with E-state index in [1.807, 2.05) is 19.1 Å². The Labute approximate surface area is 71.4 Å². The zero-order valence-electron chi connectivity index (χ0n) is 6.37. The van der Waals surface area contributed by atoms with Crippen LogP contribution in [0.3, 0.4) is 0 Å². The molecule has 0 saturated heterocycles. The fourth-order valence-corrected chi connectivity index (χ4v) is 0.952. The summed E-state index contributed by atoms with van der Waals surface area (Å²) in [7, 11) is 0. The highest BCUT2D eigenvalue weighted by Gasteiger charge is 1.96. The van der Waals surface area contributed by atoms with Crippen LogP contribution in [-0.4, -0.2) is 9.97 Å². The highest BCUT2D eigenvalue weighted by atomic mass is 34.0. The van der Waals surface area contributed by atoms with Gasteiger partial charge in [-0.25, -0.2) is 0 Å². The van der Waals surface area contributed by atoms with E-state index >= 15 is 0 Å². The van der Waals surface area contributed by atoms with Crippen LogP contribution >= 0.6 is 12.2 Å². The molecule has 58 valence electrons. The third-order valence-electron chi connectivity index (χ3n) is 1.46. The van der Waals surface area contributed by atoms with Gasteiger partial charge in [0.25, 0.3) is 0 Å². The van der Waals surface area contributed by atoms with Gasteiger partial charge >= 0.3 is 0 Å². The third kappa shape index (κ3) is 1.98. The van der Waals surface area contributed by atoms with E-state index in [0.29, 0.717) is 4.99 Å². The van der Waals surface area contributed by atoms with E-state index in [1.54, 1.807) is 6.20 Å². The third-order valence-corrected chi connectivity index (χ3v) is 1.70. The van der Waals surface area contributed by atoms with Crippen LogP contribution in [-0.2, 0) is 6.42 Å². The van der Waals surface area contributed by atoms with Crippen LogP contribution in [0.4, 0.5) is 0 Å². The fraction of sp³-hybridized carbons (Fsp3) is 0.250. The Morgan fingerprint density at radius 3 is 3.00 bits per heavy atom. The molecule has 0 aromatic carbocycles. The lowest BCUT2D eigenvalue weighted by Gasteiger charge is -1.99. The molecule has 0 radical (unpaired) electrons. The highest BCUT2D eigenvalue weighted by molar-refractivity contribution is 7.80. The molecule has 0 unspecified atom stereocenters. The van der Waals surface area contributed by atoms with Crippen LogP contribution < -0.4 is 5.73 Å². The first kappa shape index (κ1) is 8.14. The lowest BCUT2D eigenvalue weighted by molar-refractivity contribution is 1.03. The van der Waals surface area contributed by atoms with Crippen molar-refractivity contribution >= 4 is 17.2 Å². The van der Waals surface area contributed by atoms with Gasteiger partial charge in [0.1, 0.15) is 4.99 Å². The summed E-state index contributed by atoms with van der Waals surface area (Å²) in [5, 5.41) is 0. The second-order valence-electron chi connectivity index (χ2n) is 2.25. The lowest BCUT2D eigenvalue weighted by Crippen LogP contribution is -2.09. The number of hydrogen-bond acceptors (Lipinski definition) is 2. The minimum Gasteiger partial charge on any atom is -0.389 e. The molecule has 1 heterocycles. The molecule has 0 aliphatic carbocycles. The molecule has 1 aromatic rings. The predicted octanol–water partition coefficient (Wildman–Crippen LogP) is 1.28. The van der Waals surface area contributed by atoms with E-state index in [2.05, 4.69) is 4.98 Å². The molecule has 1 aromatic heterocycles. The summed E-state index contributed by atoms with van der Waals surface area (Å²) >= 11 is 4.82. The van der Waals surface area contributed by atoms with Crippen molar-refractivity contribution in [2.24, 2.45) is 5.73 Å². The first-order chi connectivity index (χ1) is 5.24. The molecule has 0 aliphatic heterocycles. The average Bonchev–Trinajstić information content (AvgIpc) is 2.05. The summed E-state index contributed by atoms with van der Waals surface area (Å²) in [6, 6.07) is 3.74. The average molecular weight is 169 g/mol. The van der Waals surface area contributed by atoms with E-state index in [4.69, 9.17) is 18.0 Å². The van der Waals surface area contributed by atoms with Crippen molar-refractivity contribution in [3.63, 3.8) is 0 Å². The van der Waals surface area contributed by atoms with Crippen LogP contribution in [0.5, 0.6) is 0 Å². The summed E-state index contributed by atoms with van der Waals surface area (Å²) < 4.78 is 0. The fourth-order valence-electron chi connectivity index (χ4n) is 0.825. The normalized spacial score (nSPS) is 9.55. The molecule has 0 spiro atoms. The maximum atomic E-state index is 5.44. The van der Waals surface area contributed by atoms with Gasteiger partial charge in [-0.05, 0) is 18.6 Å². The Hall–Kier alpha value is -0.960. The molecule has 1 rings (SSSR count). The molecule has 0 atom stereocenters. The Morgan fingerprint density at radius 1 is 1.73 bits per heavy atom. The molecular weight excluding hydrogens is 159 g/mol. The highest BCUT2D eigenvalue weighted by Crippen LogP contribution is 2.01. The zero-order chi connectivity index (χ0) is 8.27. The summed E-state index contributed by atoms with van der Waals surface area (Å²) in [6.45, 7) is 2.05. The SMILES string of the molecule is CCc1cc([13C](N)=[34S])ccn1. The number of pyridine rings is 1. The monoisotopic (exact) mass is 169 g/mol. The Balaban J connectivity index is 3.01. The number of rotatable bonds is 2. The van der Waals surface area contributed by atoms with Crippen LogP contribution in [0.25, 0.3) is 0 Å². The van der Waals surface area contributed by atoms with Gasteiger partial charge in [-0.3, -0.25) is 4.98 Å². The van der Waals surface area contributed by atoms with Gasteiger partial charge in [0.15, 0.2) is 0 Å². The van der Waals surface area contributed by atoms with E-state index in [1.165, 1.54) is 0 Å². The minimum atomic E-state index is 0.433. The maximum absolute atomic E-state index is 5.44. The van der Waals surface area contributed by atoms with Gasteiger partial charge < -0.3 is 5.73 Å². The van der Waals surface area contributed by atoms with Gasteiger partial charge in [-0.2, -0.15) is 0 Å². The number of aromatic nitrogens is 1. The van der Waals surface area contributed by atoms with Gasteiger partial charge in [0.05, 0.1) is 0 Å². The second kappa shape index (κ2) is 3.44. The van der Waals surface area contributed by atoms with Crippen LogP contribution in [0, 0.1) is 0 Å². The first-order valence-corrected chi connectivity index (χ1v) is 3.89. The number of nitrogens with two attached hydrogens (primary N) is 1. The summed E-state index contributed by atoms with van der Waals surface area (Å²) in [5.74, 6) is 0. The lowest BCUT2D eigenvalue weighted by atomic mass is 10.2. The molecule has 2 nitrogen and oxygen atoms in total. The van der Waals surface area contributed by atoms with Crippen molar-refractivity contribution in [3.8, 4) is 0 Å². The molecule has 11 heavy (non-hydrogen) atoms. The molecule has 0 amide bonds. The van der Waals surface area contributed by atoms with Gasteiger partial charge in [-0.1, -0.05) is 19.1 Å². The molecule has 2 N–H and O–H groups in total. The number of aryl methyl sites for hydroxylation is 1. The van der Waals surface area contributed by atoms with Crippen LogP contribution in [0.2, 0.25) is 0 Å². The Morgan fingerprint density at radius 2 is 2.45 bits per heavy atom. The largest absolute Gasteiger partial charge is 0.389 e. The first-order valence-electron chi connectivity index (χ1n) is 3.48. The summed E-state index contributed by atoms with van der Waals surface area (Å²) in [5.41, 5.74) is 7.36. The topological polar surface area (TPSA) is 38.9 Å². The van der Waals surface area contributed by atoms with Crippen molar-refractivity contribution in [1.29, 1.82) is 0 Å². The summed E-state index contributed by atoms with van der Waals surface area (Å²) in [6.07, 6.45) is 2.64. The standard InChI is InChI=1S/C8H10N2S/c1-2-7-5-6(8(9)11)3-4-10-7/h3-5H,2H2,1H3,(H2,9,11)/i8+1,11+2.